The molecular formula is C18H21N5O6. The number of hydrogen-bond acceptors (Lipinski definition) is 10. The smallest absolute Gasteiger partial charge is 0.435 e. The fraction of sp³-hybridized carbons (Fsp3) is 0.556. The molecule has 11 nitrogen and oxygen atoms in total. The normalized spacial score (nSPS) is 30.8. The Morgan fingerprint density at radius 3 is 2.93 bits per heavy atom. The molecule has 2 saturated heterocycles. The van der Waals surface area contributed by atoms with E-state index in [0.29, 0.717) is 17.6 Å². The van der Waals surface area contributed by atoms with E-state index in [1.165, 1.54) is 10.8 Å². The van der Waals surface area contributed by atoms with Gasteiger partial charge in [0.05, 0.1) is 12.3 Å². The Morgan fingerprint density at radius 2 is 2.21 bits per heavy atom. The first-order chi connectivity index (χ1) is 14.0. The second-order valence-electron chi connectivity index (χ2n) is 6.65. The topological polar surface area (TPSA) is 143 Å². The third-order valence-corrected chi connectivity index (χ3v) is 5.00. The first-order valence-corrected chi connectivity index (χ1v) is 9.32. The van der Waals surface area contributed by atoms with Gasteiger partial charge in [-0.2, -0.15) is 10.4 Å². The summed E-state index contributed by atoms with van der Waals surface area (Å²) in [6, 6.07) is 5.63. The monoisotopic (exact) mass is 403 g/mol. The highest BCUT2D eigenvalue weighted by Gasteiger charge is 2.63. The summed E-state index contributed by atoms with van der Waals surface area (Å²) < 4.78 is 29.5. The van der Waals surface area contributed by atoms with Gasteiger partial charge in [-0.15, -0.1) is 0 Å². The molecule has 0 saturated carbocycles. The third kappa shape index (κ3) is 3.05. The minimum atomic E-state index is -1.54. The van der Waals surface area contributed by atoms with Gasteiger partial charge in [0, 0.05) is 0 Å². The van der Waals surface area contributed by atoms with Crippen LogP contribution >= 0.6 is 0 Å². The molecule has 0 spiro atoms. The van der Waals surface area contributed by atoms with E-state index in [4.69, 9.17) is 29.4 Å². The predicted octanol–water partition coefficient (Wildman–Crippen LogP) is 1.12. The Balaban J connectivity index is 1.71. The maximum absolute atomic E-state index is 11.6. The number of fused-ring (bicyclic) bond motifs is 2. The second kappa shape index (κ2) is 7.47. The van der Waals surface area contributed by atoms with Crippen molar-refractivity contribution in [1.29, 1.82) is 5.26 Å². The highest BCUT2D eigenvalue weighted by atomic mass is 16.8. The number of nitrogens with zero attached hydrogens (tertiary/aromatic N) is 4. The molecule has 2 N–H and O–H groups in total. The van der Waals surface area contributed by atoms with E-state index in [-0.39, 0.29) is 19.0 Å². The molecule has 5 atom stereocenters. The van der Waals surface area contributed by atoms with Crippen LogP contribution < -0.4 is 5.73 Å². The lowest BCUT2D eigenvalue weighted by molar-refractivity contribution is -0.159. The Kier molecular flexibility index (Phi) is 4.99. The van der Waals surface area contributed by atoms with Crippen molar-refractivity contribution in [3.63, 3.8) is 0 Å². The van der Waals surface area contributed by atoms with Gasteiger partial charge in [0.1, 0.15) is 42.8 Å². The first-order valence-electron chi connectivity index (χ1n) is 9.32. The average molecular weight is 403 g/mol. The number of carbonyl (C=O) groups excluding carboxylic acids is 1. The van der Waals surface area contributed by atoms with E-state index in [0.717, 1.165) is 0 Å². The predicted molar refractivity (Wildman–Crippen MR) is 96.4 cm³/mol. The average Bonchev–Trinajstić information content (AvgIpc) is 3.40. The van der Waals surface area contributed by atoms with Gasteiger partial charge >= 0.3 is 6.16 Å². The number of nitrogens with two attached hydrogens (primary N) is 1. The molecule has 4 heterocycles. The molecule has 0 unspecified atom stereocenters. The zero-order valence-electron chi connectivity index (χ0n) is 16.0. The van der Waals surface area contributed by atoms with Gasteiger partial charge < -0.3 is 29.4 Å². The summed E-state index contributed by atoms with van der Waals surface area (Å²) in [6.45, 7) is 3.62. The van der Waals surface area contributed by atoms with E-state index in [1.54, 1.807) is 19.1 Å². The Labute approximate surface area is 166 Å². The van der Waals surface area contributed by atoms with Gasteiger partial charge in [-0.1, -0.05) is 6.92 Å². The number of hydrogen-bond donors (Lipinski definition) is 1. The van der Waals surface area contributed by atoms with Gasteiger partial charge in [-0.25, -0.2) is 14.3 Å². The minimum Gasteiger partial charge on any atom is -0.435 e. The van der Waals surface area contributed by atoms with Crippen molar-refractivity contribution in [3.8, 4) is 6.07 Å². The van der Waals surface area contributed by atoms with Crippen LogP contribution in [0.25, 0.3) is 5.52 Å². The summed E-state index contributed by atoms with van der Waals surface area (Å²) in [7, 11) is 0. The van der Waals surface area contributed by atoms with E-state index >= 15 is 0 Å². The lowest BCUT2D eigenvalue weighted by Crippen LogP contribution is -2.40. The van der Waals surface area contributed by atoms with E-state index in [2.05, 4.69) is 16.2 Å². The maximum Gasteiger partial charge on any atom is 0.508 e. The van der Waals surface area contributed by atoms with Crippen molar-refractivity contribution < 1.29 is 28.5 Å². The second-order valence-corrected chi connectivity index (χ2v) is 6.65. The van der Waals surface area contributed by atoms with Crippen LogP contribution in [0.1, 0.15) is 26.0 Å². The maximum atomic E-state index is 11.6. The molecule has 154 valence electrons. The molecule has 0 bridgehead atoms. The molecule has 0 amide bonds. The molecule has 2 aromatic heterocycles. The van der Waals surface area contributed by atoms with Crippen LogP contribution in [0.15, 0.2) is 18.5 Å². The van der Waals surface area contributed by atoms with E-state index in [9.17, 15) is 10.1 Å². The van der Waals surface area contributed by atoms with Crippen LogP contribution in [-0.2, 0) is 29.3 Å². The van der Waals surface area contributed by atoms with E-state index in [1.807, 2.05) is 6.92 Å². The molecule has 0 aromatic carbocycles. The third-order valence-electron chi connectivity index (χ3n) is 5.00. The number of nitriles is 1. The minimum absolute atomic E-state index is 0.149. The summed E-state index contributed by atoms with van der Waals surface area (Å²) in [4.78, 5) is 15.6. The quantitative estimate of drug-likeness (QED) is 0.721. The SMILES string of the molecule is CCOC(=O)OC[C@H]1O[C@@](C#N)(c2ccc3c(N)ncnn23)[C@@H]2O[C@H](CC)O[C@@H]21. The van der Waals surface area contributed by atoms with Crippen molar-refractivity contribution in [2.24, 2.45) is 0 Å². The van der Waals surface area contributed by atoms with Crippen molar-refractivity contribution in [2.45, 2.75) is 50.5 Å². The van der Waals surface area contributed by atoms with E-state index < -0.39 is 36.4 Å². The van der Waals surface area contributed by atoms with Crippen LogP contribution in [0.2, 0.25) is 0 Å². The van der Waals surface area contributed by atoms with Gasteiger partial charge in [0.2, 0.25) is 5.60 Å². The van der Waals surface area contributed by atoms with Crippen LogP contribution in [-0.4, -0.2) is 58.6 Å². The highest BCUT2D eigenvalue weighted by Crippen LogP contribution is 2.47. The zero-order chi connectivity index (χ0) is 20.6. The molecule has 2 aliphatic heterocycles. The van der Waals surface area contributed by atoms with Crippen LogP contribution in [0.3, 0.4) is 0 Å². The molecule has 2 aromatic rings. The number of nitrogen functional groups attached to an aromatic ring is 1. The van der Waals surface area contributed by atoms with Gasteiger partial charge in [-0.05, 0) is 25.5 Å². The summed E-state index contributed by atoms with van der Waals surface area (Å²) in [6.07, 6.45) is -1.53. The zero-order valence-corrected chi connectivity index (χ0v) is 16.0. The lowest BCUT2D eigenvalue weighted by Gasteiger charge is -2.26. The fourth-order valence-electron chi connectivity index (χ4n) is 3.72. The molecule has 29 heavy (non-hydrogen) atoms. The molecule has 2 fully saturated rings. The first kappa shape index (κ1) is 19.4. The molecular weight excluding hydrogens is 382 g/mol. The number of anilines is 1. The van der Waals surface area contributed by atoms with Crippen molar-refractivity contribution >= 4 is 17.5 Å². The Hall–Kier alpha value is -2.94. The van der Waals surface area contributed by atoms with Crippen molar-refractivity contribution in [2.75, 3.05) is 18.9 Å². The number of rotatable bonds is 5. The molecule has 2 aliphatic rings. The van der Waals surface area contributed by atoms with Gasteiger partial charge in [0.15, 0.2) is 12.1 Å². The highest BCUT2D eigenvalue weighted by molar-refractivity contribution is 5.66. The van der Waals surface area contributed by atoms with Gasteiger partial charge in [0.25, 0.3) is 0 Å². The summed E-state index contributed by atoms with van der Waals surface area (Å²) >= 11 is 0. The summed E-state index contributed by atoms with van der Waals surface area (Å²) in [5.74, 6) is 0.270. The summed E-state index contributed by atoms with van der Waals surface area (Å²) in [5.41, 5.74) is 5.35. The van der Waals surface area contributed by atoms with Crippen LogP contribution in [0.4, 0.5) is 10.6 Å². The van der Waals surface area contributed by atoms with Crippen LogP contribution in [0.5, 0.6) is 0 Å². The van der Waals surface area contributed by atoms with Gasteiger partial charge in [-0.3, -0.25) is 0 Å². The largest absolute Gasteiger partial charge is 0.508 e. The number of aromatic nitrogens is 3. The molecule has 0 aliphatic carbocycles. The Bertz CT molecular complexity index is 958. The fourth-order valence-corrected chi connectivity index (χ4v) is 3.72. The molecule has 11 heteroatoms. The number of ether oxygens (including phenoxy) is 5. The Morgan fingerprint density at radius 1 is 1.38 bits per heavy atom. The molecule has 4 rings (SSSR count). The lowest BCUT2D eigenvalue weighted by atomic mass is 9.92. The molecule has 0 radical (unpaired) electrons. The standard InChI is InChI=1S/C18H21N5O6/c1-3-13-27-14-11(7-26-17(24)25-4-2)29-18(8-19,15(14)28-13)12-6-5-10-16(20)21-9-22-23(10)12/h5-6,9,11,13-15H,3-4,7H2,1-2H3,(H2,20,21,22)/t11-,13-,14-,15-,18+/m1/s1. The summed E-state index contributed by atoms with van der Waals surface area (Å²) in [5, 5.41) is 14.4. The number of carbonyl (C=O) groups is 1. The van der Waals surface area contributed by atoms with Crippen molar-refractivity contribution in [1.82, 2.24) is 14.6 Å². The van der Waals surface area contributed by atoms with Crippen LogP contribution in [0, 0.1) is 11.3 Å². The van der Waals surface area contributed by atoms with Crippen molar-refractivity contribution in [3.05, 3.63) is 24.2 Å².